The Morgan fingerprint density at radius 2 is 1.89 bits per heavy atom. The number of carbonyl (C=O) groups is 1. The van der Waals surface area contributed by atoms with Crippen LogP contribution in [0.25, 0.3) is 0 Å². The Bertz CT molecular complexity index is 607. The molecule has 3 nitrogen and oxygen atoms in total. The monoisotopic (exact) mass is 253 g/mol. The van der Waals surface area contributed by atoms with Crippen LogP contribution >= 0.6 is 0 Å². The van der Waals surface area contributed by atoms with E-state index in [0.29, 0.717) is 5.56 Å². The first-order chi connectivity index (χ1) is 9.25. The summed E-state index contributed by atoms with van der Waals surface area (Å²) < 4.78 is 0. The van der Waals surface area contributed by atoms with Gasteiger partial charge in [0.05, 0.1) is 11.3 Å². The molecule has 0 atom stereocenters. The molecule has 1 heterocycles. The lowest BCUT2D eigenvalue weighted by Crippen LogP contribution is -2.21. The molecule has 0 radical (unpaired) electrons. The Hall–Kier alpha value is -2.29. The molecule has 0 amide bonds. The predicted molar refractivity (Wildman–Crippen MR) is 74.6 cm³/mol. The van der Waals surface area contributed by atoms with Gasteiger partial charge < -0.3 is 10.0 Å². The second kappa shape index (κ2) is 4.76. The van der Waals surface area contributed by atoms with Gasteiger partial charge >= 0.3 is 5.97 Å². The highest BCUT2D eigenvalue weighted by molar-refractivity contribution is 5.96. The molecular weight excluding hydrogens is 238 g/mol. The number of anilines is 1. The zero-order valence-corrected chi connectivity index (χ0v) is 10.5. The highest BCUT2D eigenvalue weighted by Crippen LogP contribution is 2.32. The lowest BCUT2D eigenvalue weighted by atomic mass is 10.1. The molecule has 0 unspecified atom stereocenters. The fourth-order valence-corrected chi connectivity index (χ4v) is 2.67. The second-order valence-corrected chi connectivity index (χ2v) is 4.78. The maximum atomic E-state index is 11.3. The quantitative estimate of drug-likeness (QED) is 0.914. The number of nitrogens with zero attached hydrogens (tertiary/aromatic N) is 1. The van der Waals surface area contributed by atoms with Crippen molar-refractivity contribution in [3.63, 3.8) is 0 Å². The van der Waals surface area contributed by atoms with Crippen LogP contribution in [0.1, 0.15) is 21.5 Å². The molecule has 3 rings (SSSR count). The Morgan fingerprint density at radius 3 is 2.63 bits per heavy atom. The fourth-order valence-electron chi connectivity index (χ4n) is 2.67. The summed E-state index contributed by atoms with van der Waals surface area (Å²) in [5, 5.41) is 9.31. The van der Waals surface area contributed by atoms with Crippen molar-refractivity contribution in [2.45, 2.75) is 13.0 Å². The molecule has 0 aliphatic carbocycles. The molecule has 2 aromatic carbocycles. The molecule has 2 aromatic rings. The number of hydrogen-bond acceptors (Lipinski definition) is 2. The number of fused-ring (bicyclic) bond motifs is 1. The summed E-state index contributed by atoms with van der Waals surface area (Å²) in [7, 11) is 0. The average Bonchev–Trinajstić information content (AvgIpc) is 2.83. The Labute approximate surface area is 112 Å². The van der Waals surface area contributed by atoms with Gasteiger partial charge in [-0.3, -0.25) is 0 Å². The summed E-state index contributed by atoms with van der Waals surface area (Å²) >= 11 is 0. The molecule has 0 saturated heterocycles. The van der Waals surface area contributed by atoms with E-state index < -0.39 is 5.97 Å². The second-order valence-electron chi connectivity index (χ2n) is 4.78. The number of para-hydroxylation sites is 1. The third-order valence-electron chi connectivity index (χ3n) is 3.53. The van der Waals surface area contributed by atoms with Gasteiger partial charge in [-0.05, 0) is 23.6 Å². The van der Waals surface area contributed by atoms with Crippen molar-refractivity contribution in [3.05, 3.63) is 65.2 Å². The molecule has 0 aromatic heterocycles. The maximum absolute atomic E-state index is 11.3. The fraction of sp³-hybridized carbons (Fsp3) is 0.188. The van der Waals surface area contributed by atoms with E-state index in [2.05, 4.69) is 17.0 Å². The van der Waals surface area contributed by atoms with E-state index in [9.17, 15) is 9.90 Å². The number of aromatic carboxylic acids is 1. The SMILES string of the molecule is O=C(O)c1cccc2c1N(Cc1ccccc1)CC2. The molecule has 0 saturated carbocycles. The lowest BCUT2D eigenvalue weighted by Gasteiger charge is -2.21. The molecule has 0 spiro atoms. The topological polar surface area (TPSA) is 40.5 Å². The highest BCUT2D eigenvalue weighted by atomic mass is 16.4. The van der Waals surface area contributed by atoms with Crippen molar-refractivity contribution in [2.75, 3.05) is 11.4 Å². The summed E-state index contributed by atoms with van der Waals surface area (Å²) in [4.78, 5) is 13.5. The molecule has 0 bridgehead atoms. The first kappa shape index (κ1) is 11.8. The maximum Gasteiger partial charge on any atom is 0.337 e. The summed E-state index contributed by atoms with van der Waals surface area (Å²) in [5.74, 6) is -0.850. The Kier molecular flexibility index (Phi) is 2.95. The van der Waals surface area contributed by atoms with E-state index in [0.717, 1.165) is 30.8 Å². The van der Waals surface area contributed by atoms with Gasteiger partial charge in [-0.2, -0.15) is 0 Å². The highest BCUT2D eigenvalue weighted by Gasteiger charge is 2.24. The minimum absolute atomic E-state index is 0.408. The number of carboxylic acid groups (broad SMARTS) is 1. The smallest absolute Gasteiger partial charge is 0.337 e. The van der Waals surface area contributed by atoms with Crippen molar-refractivity contribution in [2.24, 2.45) is 0 Å². The van der Waals surface area contributed by atoms with Gasteiger partial charge in [-0.1, -0.05) is 42.5 Å². The molecule has 0 fully saturated rings. The predicted octanol–water partition coefficient (Wildman–Crippen LogP) is 2.95. The Balaban J connectivity index is 1.95. The van der Waals surface area contributed by atoms with Crippen LogP contribution in [0.2, 0.25) is 0 Å². The third kappa shape index (κ3) is 2.19. The van der Waals surface area contributed by atoms with Crippen LogP contribution in [0.5, 0.6) is 0 Å². The molecular formula is C16H15NO2. The van der Waals surface area contributed by atoms with Crippen molar-refractivity contribution in [1.29, 1.82) is 0 Å². The summed E-state index contributed by atoms with van der Waals surface area (Å²) in [6, 6.07) is 15.7. The van der Waals surface area contributed by atoms with Crippen LogP contribution in [0.3, 0.4) is 0 Å². The van der Waals surface area contributed by atoms with Gasteiger partial charge in [0.25, 0.3) is 0 Å². The molecule has 1 N–H and O–H groups in total. The van der Waals surface area contributed by atoms with Crippen LogP contribution in [0.4, 0.5) is 5.69 Å². The van der Waals surface area contributed by atoms with Gasteiger partial charge in [0.15, 0.2) is 0 Å². The minimum Gasteiger partial charge on any atom is -0.478 e. The van der Waals surface area contributed by atoms with Crippen LogP contribution in [0, 0.1) is 0 Å². The van der Waals surface area contributed by atoms with E-state index >= 15 is 0 Å². The molecule has 3 heteroatoms. The van der Waals surface area contributed by atoms with Crippen molar-refractivity contribution in [1.82, 2.24) is 0 Å². The van der Waals surface area contributed by atoms with Gasteiger partial charge in [0.1, 0.15) is 0 Å². The van der Waals surface area contributed by atoms with Crippen LogP contribution in [-0.4, -0.2) is 17.6 Å². The summed E-state index contributed by atoms with van der Waals surface area (Å²) in [6.07, 6.45) is 0.920. The van der Waals surface area contributed by atoms with E-state index in [-0.39, 0.29) is 0 Å². The lowest BCUT2D eigenvalue weighted by molar-refractivity contribution is 0.0697. The minimum atomic E-state index is -0.850. The number of hydrogen-bond donors (Lipinski definition) is 1. The van der Waals surface area contributed by atoms with Crippen LogP contribution < -0.4 is 4.90 Å². The van der Waals surface area contributed by atoms with Crippen LogP contribution in [-0.2, 0) is 13.0 Å². The van der Waals surface area contributed by atoms with E-state index in [4.69, 9.17) is 0 Å². The van der Waals surface area contributed by atoms with Crippen molar-refractivity contribution >= 4 is 11.7 Å². The molecule has 19 heavy (non-hydrogen) atoms. The van der Waals surface area contributed by atoms with Crippen molar-refractivity contribution in [3.8, 4) is 0 Å². The van der Waals surface area contributed by atoms with Crippen LogP contribution in [0.15, 0.2) is 48.5 Å². The molecule has 96 valence electrons. The first-order valence-electron chi connectivity index (χ1n) is 6.40. The number of carboxylic acids is 1. The zero-order chi connectivity index (χ0) is 13.2. The van der Waals surface area contributed by atoms with Gasteiger partial charge in [-0.25, -0.2) is 4.79 Å². The first-order valence-corrected chi connectivity index (χ1v) is 6.40. The summed E-state index contributed by atoms with van der Waals surface area (Å²) in [5.41, 5.74) is 3.64. The average molecular weight is 253 g/mol. The number of benzene rings is 2. The largest absolute Gasteiger partial charge is 0.478 e. The number of rotatable bonds is 3. The third-order valence-corrected chi connectivity index (χ3v) is 3.53. The van der Waals surface area contributed by atoms with E-state index in [1.165, 1.54) is 5.56 Å². The standard InChI is InChI=1S/C16H15NO2/c18-16(19)14-8-4-7-13-9-10-17(15(13)14)11-12-5-2-1-3-6-12/h1-8H,9-11H2,(H,18,19). The summed E-state index contributed by atoms with van der Waals surface area (Å²) in [6.45, 7) is 1.65. The van der Waals surface area contributed by atoms with E-state index in [1.54, 1.807) is 6.07 Å². The normalized spacial score (nSPS) is 13.4. The van der Waals surface area contributed by atoms with E-state index in [1.807, 2.05) is 30.3 Å². The zero-order valence-electron chi connectivity index (χ0n) is 10.5. The van der Waals surface area contributed by atoms with Gasteiger partial charge in [0.2, 0.25) is 0 Å². The van der Waals surface area contributed by atoms with Crippen molar-refractivity contribution < 1.29 is 9.90 Å². The van der Waals surface area contributed by atoms with Gasteiger partial charge in [0, 0.05) is 13.1 Å². The molecule has 1 aliphatic heterocycles. The Morgan fingerprint density at radius 1 is 1.11 bits per heavy atom. The molecule has 1 aliphatic rings. The van der Waals surface area contributed by atoms with Gasteiger partial charge in [-0.15, -0.1) is 0 Å².